The number of ether oxygens (including phenoxy) is 2. The fourth-order valence-electron chi connectivity index (χ4n) is 3.95. The lowest BCUT2D eigenvalue weighted by atomic mass is 10.1. The molecular formula is C22H33N3O5. The van der Waals surface area contributed by atoms with Gasteiger partial charge >= 0.3 is 12.2 Å². The molecule has 3 rings (SSSR count). The van der Waals surface area contributed by atoms with Gasteiger partial charge in [0.05, 0.1) is 12.6 Å². The van der Waals surface area contributed by atoms with Crippen LogP contribution in [0.4, 0.5) is 9.59 Å². The van der Waals surface area contributed by atoms with Gasteiger partial charge in [0.25, 0.3) is 0 Å². The molecule has 1 aromatic rings. The summed E-state index contributed by atoms with van der Waals surface area (Å²) in [4.78, 5) is 30.5. The molecule has 0 aromatic heterocycles. The van der Waals surface area contributed by atoms with Crippen molar-refractivity contribution in [3.8, 4) is 0 Å². The molecule has 2 amide bonds. The third-order valence-corrected chi connectivity index (χ3v) is 5.53. The number of amides is 2. The van der Waals surface area contributed by atoms with E-state index in [0.29, 0.717) is 39.1 Å². The minimum atomic E-state index is -0.569. The quantitative estimate of drug-likeness (QED) is 0.807. The standard InChI is InChI=1S/C22H33N3O5/c1-22(2,3)30-21(28)25-14-18(13-19(25)15-26)23-9-11-24(12-10-23)20(27)29-16-17-7-5-4-6-8-17/h4-8,18-19,26H,9-16H2,1-3H3/t18-,19-/m0/s1. The molecule has 30 heavy (non-hydrogen) atoms. The van der Waals surface area contributed by atoms with E-state index >= 15 is 0 Å². The summed E-state index contributed by atoms with van der Waals surface area (Å²) in [5.74, 6) is 0. The van der Waals surface area contributed by atoms with Crippen LogP contribution in [0.3, 0.4) is 0 Å². The van der Waals surface area contributed by atoms with Crippen LogP contribution in [0.2, 0.25) is 0 Å². The zero-order valence-electron chi connectivity index (χ0n) is 18.1. The average Bonchev–Trinajstić information content (AvgIpc) is 3.16. The predicted molar refractivity (Wildman–Crippen MR) is 112 cm³/mol. The van der Waals surface area contributed by atoms with Crippen molar-refractivity contribution in [3.05, 3.63) is 35.9 Å². The van der Waals surface area contributed by atoms with Crippen LogP contribution in [0.5, 0.6) is 0 Å². The monoisotopic (exact) mass is 419 g/mol. The summed E-state index contributed by atoms with van der Waals surface area (Å²) in [6, 6.07) is 9.54. The molecule has 8 nitrogen and oxygen atoms in total. The third kappa shape index (κ3) is 5.86. The first-order valence-corrected chi connectivity index (χ1v) is 10.6. The second-order valence-electron chi connectivity index (χ2n) is 8.92. The van der Waals surface area contributed by atoms with Crippen molar-refractivity contribution in [1.82, 2.24) is 14.7 Å². The molecule has 2 saturated heterocycles. The summed E-state index contributed by atoms with van der Waals surface area (Å²) in [6.07, 6.45) is 0.0227. The fraction of sp³-hybridized carbons (Fsp3) is 0.636. The summed E-state index contributed by atoms with van der Waals surface area (Å²) in [5.41, 5.74) is 0.397. The number of hydrogen-bond acceptors (Lipinski definition) is 6. The normalized spacial score (nSPS) is 22.8. The molecule has 2 aliphatic heterocycles. The Morgan fingerprint density at radius 3 is 2.33 bits per heavy atom. The van der Waals surface area contributed by atoms with Crippen LogP contribution in [0.1, 0.15) is 32.8 Å². The number of aliphatic hydroxyl groups is 1. The van der Waals surface area contributed by atoms with Crippen LogP contribution in [0, 0.1) is 0 Å². The van der Waals surface area contributed by atoms with Gasteiger partial charge in [-0.1, -0.05) is 30.3 Å². The number of rotatable bonds is 4. The molecule has 2 heterocycles. The van der Waals surface area contributed by atoms with Crippen LogP contribution in [0.15, 0.2) is 30.3 Å². The molecule has 0 spiro atoms. The number of carbonyl (C=O) groups is 2. The molecule has 2 atom stereocenters. The zero-order valence-corrected chi connectivity index (χ0v) is 18.1. The number of likely N-dealkylation sites (tertiary alicyclic amines) is 1. The number of benzene rings is 1. The molecule has 2 fully saturated rings. The first kappa shape index (κ1) is 22.4. The lowest BCUT2D eigenvalue weighted by Gasteiger charge is -2.37. The van der Waals surface area contributed by atoms with E-state index in [9.17, 15) is 14.7 Å². The summed E-state index contributed by atoms with van der Waals surface area (Å²) in [5, 5.41) is 9.73. The predicted octanol–water partition coefficient (Wildman–Crippen LogP) is 2.31. The molecule has 0 radical (unpaired) electrons. The van der Waals surface area contributed by atoms with E-state index in [1.165, 1.54) is 0 Å². The molecular weight excluding hydrogens is 386 g/mol. The van der Waals surface area contributed by atoms with Crippen molar-refractivity contribution >= 4 is 12.2 Å². The Morgan fingerprint density at radius 2 is 1.73 bits per heavy atom. The van der Waals surface area contributed by atoms with Crippen LogP contribution >= 0.6 is 0 Å². The Kier molecular flexibility index (Phi) is 7.20. The van der Waals surface area contributed by atoms with Crippen LogP contribution in [0.25, 0.3) is 0 Å². The van der Waals surface area contributed by atoms with Gasteiger partial charge in [0.2, 0.25) is 0 Å². The maximum Gasteiger partial charge on any atom is 0.410 e. The smallest absolute Gasteiger partial charge is 0.410 e. The van der Waals surface area contributed by atoms with Gasteiger partial charge in [0, 0.05) is 38.8 Å². The minimum absolute atomic E-state index is 0.0818. The second kappa shape index (κ2) is 9.66. The van der Waals surface area contributed by atoms with E-state index in [4.69, 9.17) is 9.47 Å². The van der Waals surface area contributed by atoms with Gasteiger partial charge < -0.3 is 24.4 Å². The number of piperazine rings is 1. The Hall–Kier alpha value is -2.32. The molecule has 0 saturated carbocycles. The van der Waals surface area contributed by atoms with Crippen molar-refractivity contribution in [1.29, 1.82) is 0 Å². The minimum Gasteiger partial charge on any atom is -0.445 e. The second-order valence-corrected chi connectivity index (χ2v) is 8.92. The van der Waals surface area contributed by atoms with Gasteiger partial charge in [-0.25, -0.2) is 9.59 Å². The SMILES string of the molecule is CC(C)(C)OC(=O)N1C[C@@H](N2CCN(C(=O)OCc3ccccc3)CC2)C[C@H]1CO. The summed E-state index contributed by atoms with van der Waals surface area (Å²) in [7, 11) is 0. The van der Waals surface area contributed by atoms with Gasteiger partial charge in [-0.2, -0.15) is 0 Å². The van der Waals surface area contributed by atoms with E-state index in [2.05, 4.69) is 4.90 Å². The first-order chi connectivity index (χ1) is 14.3. The lowest BCUT2D eigenvalue weighted by molar-refractivity contribution is 0.0163. The summed E-state index contributed by atoms with van der Waals surface area (Å²) in [6.45, 7) is 8.82. The van der Waals surface area contributed by atoms with E-state index in [0.717, 1.165) is 5.56 Å². The highest BCUT2D eigenvalue weighted by Gasteiger charge is 2.40. The maximum atomic E-state index is 12.5. The Bertz CT molecular complexity index is 713. The van der Waals surface area contributed by atoms with E-state index in [1.807, 2.05) is 51.1 Å². The van der Waals surface area contributed by atoms with Crippen molar-refractivity contribution in [2.75, 3.05) is 39.3 Å². The van der Waals surface area contributed by atoms with Crippen molar-refractivity contribution < 1.29 is 24.2 Å². The van der Waals surface area contributed by atoms with Gasteiger partial charge in [0.1, 0.15) is 12.2 Å². The molecule has 1 N–H and O–H groups in total. The maximum absolute atomic E-state index is 12.5. The van der Waals surface area contributed by atoms with Gasteiger partial charge in [0.15, 0.2) is 0 Å². The van der Waals surface area contributed by atoms with Crippen molar-refractivity contribution in [2.45, 2.75) is 51.5 Å². The van der Waals surface area contributed by atoms with Gasteiger partial charge in [-0.15, -0.1) is 0 Å². The summed E-state index contributed by atoms with van der Waals surface area (Å²) >= 11 is 0. The molecule has 2 aliphatic rings. The molecule has 0 aliphatic carbocycles. The highest BCUT2D eigenvalue weighted by Crippen LogP contribution is 2.25. The largest absolute Gasteiger partial charge is 0.445 e. The third-order valence-electron chi connectivity index (χ3n) is 5.53. The topological polar surface area (TPSA) is 82.6 Å². The Balaban J connectivity index is 1.47. The first-order valence-electron chi connectivity index (χ1n) is 10.6. The van der Waals surface area contributed by atoms with E-state index < -0.39 is 5.60 Å². The van der Waals surface area contributed by atoms with Crippen molar-refractivity contribution in [2.24, 2.45) is 0 Å². The average molecular weight is 420 g/mol. The molecule has 1 aromatic carbocycles. The highest BCUT2D eigenvalue weighted by atomic mass is 16.6. The highest BCUT2D eigenvalue weighted by molar-refractivity contribution is 5.69. The lowest BCUT2D eigenvalue weighted by Crippen LogP contribution is -2.52. The molecule has 0 bridgehead atoms. The number of nitrogens with zero attached hydrogens (tertiary/aromatic N) is 3. The van der Waals surface area contributed by atoms with Crippen LogP contribution in [-0.2, 0) is 16.1 Å². The van der Waals surface area contributed by atoms with Crippen molar-refractivity contribution in [3.63, 3.8) is 0 Å². The Labute approximate surface area is 178 Å². The number of carbonyl (C=O) groups excluding carboxylic acids is 2. The number of hydrogen-bond donors (Lipinski definition) is 1. The Morgan fingerprint density at radius 1 is 1.07 bits per heavy atom. The molecule has 0 unspecified atom stereocenters. The van der Waals surface area contributed by atoms with Gasteiger partial charge in [-0.3, -0.25) is 4.90 Å². The molecule has 166 valence electrons. The van der Waals surface area contributed by atoms with Crippen LogP contribution < -0.4 is 0 Å². The fourth-order valence-corrected chi connectivity index (χ4v) is 3.95. The molecule has 8 heteroatoms. The number of aliphatic hydroxyl groups excluding tert-OH is 1. The van der Waals surface area contributed by atoms with E-state index in [1.54, 1.807) is 9.80 Å². The van der Waals surface area contributed by atoms with Crippen LogP contribution in [-0.4, -0.2) is 89.0 Å². The van der Waals surface area contributed by atoms with Gasteiger partial charge in [-0.05, 0) is 32.8 Å². The van der Waals surface area contributed by atoms with E-state index in [-0.39, 0.29) is 37.5 Å². The summed E-state index contributed by atoms with van der Waals surface area (Å²) < 4.78 is 10.9. The zero-order chi connectivity index (χ0) is 21.7.